The molecule has 2 heterocycles. The highest BCUT2D eigenvalue weighted by Gasteiger charge is 2.22. The second kappa shape index (κ2) is 9.07. The molecule has 31 heavy (non-hydrogen) atoms. The first-order valence-corrected chi connectivity index (χ1v) is 10.6. The van der Waals surface area contributed by atoms with Crippen LogP contribution in [0.4, 0.5) is 17.5 Å². The van der Waals surface area contributed by atoms with Gasteiger partial charge in [0.15, 0.2) is 5.82 Å². The molecule has 0 amide bonds. The minimum atomic E-state index is -1.10. The van der Waals surface area contributed by atoms with Crippen LogP contribution in [0.3, 0.4) is 0 Å². The molecular formula is C21H28ClN7O2. The summed E-state index contributed by atoms with van der Waals surface area (Å²) in [6.07, 6.45) is 0. The van der Waals surface area contributed by atoms with Crippen LogP contribution in [-0.4, -0.2) is 43.4 Å². The van der Waals surface area contributed by atoms with Gasteiger partial charge in [0.05, 0.1) is 16.3 Å². The summed E-state index contributed by atoms with van der Waals surface area (Å²) in [5.41, 5.74) is 8.77. The number of rotatable bonds is 8. The average Bonchev–Trinajstić information content (AvgIpc) is 3.08. The van der Waals surface area contributed by atoms with Gasteiger partial charge in [0.1, 0.15) is 11.0 Å². The SMILES string of the molecule is CC(N)CNc1nc(Nc2ccc(Cl)c(C(=O)O)c2)c2c(n1)c(C(C)C)nn2C(C)C. The van der Waals surface area contributed by atoms with E-state index in [0.29, 0.717) is 24.0 Å². The third-order valence-electron chi connectivity index (χ3n) is 4.65. The molecule has 0 aliphatic rings. The maximum atomic E-state index is 11.5. The molecule has 0 saturated carbocycles. The van der Waals surface area contributed by atoms with Crippen molar-refractivity contribution in [1.29, 1.82) is 0 Å². The van der Waals surface area contributed by atoms with Gasteiger partial charge < -0.3 is 21.5 Å². The molecular weight excluding hydrogens is 418 g/mol. The van der Waals surface area contributed by atoms with Gasteiger partial charge in [-0.05, 0) is 44.9 Å². The Balaban J connectivity index is 2.20. The summed E-state index contributed by atoms with van der Waals surface area (Å²) in [5.74, 6) is -0.00960. The lowest BCUT2D eigenvalue weighted by atomic mass is 10.1. The molecule has 0 bridgehead atoms. The second-order valence-electron chi connectivity index (χ2n) is 8.15. The van der Waals surface area contributed by atoms with Crippen LogP contribution >= 0.6 is 11.6 Å². The summed E-state index contributed by atoms with van der Waals surface area (Å²) >= 11 is 6.02. The molecule has 5 N–H and O–H groups in total. The van der Waals surface area contributed by atoms with Crippen LogP contribution in [0.1, 0.15) is 62.6 Å². The Morgan fingerprint density at radius 1 is 1.23 bits per heavy atom. The average molecular weight is 446 g/mol. The summed E-state index contributed by atoms with van der Waals surface area (Å²) in [5, 5.41) is 20.8. The molecule has 3 aromatic rings. The third kappa shape index (κ3) is 4.88. The number of nitrogens with two attached hydrogens (primary N) is 1. The van der Waals surface area contributed by atoms with Crippen LogP contribution in [0.25, 0.3) is 11.0 Å². The standard InChI is InChI=1S/C21H28ClN7O2/c1-10(2)16-17-18(29(28-16)11(3)4)19(27-21(26-17)24-9-12(5)23)25-13-6-7-15(22)14(8-13)20(30)31/h6-8,10-12H,9,23H2,1-5H3,(H,30,31)(H2,24,25,26,27). The quantitative estimate of drug-likeness (QED) is 0.401. The highest BCUT2D eigenvalue weighted by molar-refractivity contribution is 6.33. The molecule has 2 aromatic heterocycles. The van der Waals surface area contributed by atoms with Gasteiger partial charge in [-0.15, -0.1) is 0 Å². The number of aromatic carboxylic acids is 1. The van der Waals surface area contributed by atoms with E-state index in [2.05, 4.69) is 29.5 Å². The van der Waals surface area contributed by atoms with E-state index < -0.39 is 5.97 Å². The van der Waals surface area contributed by atoms with E-state index in [-0.39, 0.29) is 28.6 Å². The van der Waals surface area contributed by atoms with E-state index in [1.54, 1.807) is 12.1 Å². The van der Waals surface area contributed by atoms with Crippen molar-refractivity contribution in [1.82, 2.24) is 19.7 Å². The van der Waals surface area contributed by atoms with E-state index in [1.807, 2.05) is 25.5 Å². The highest BCUT2D eigenvalue weighted by Crippen LogP contribution is 2.33. The predicted octanol–water partition coefficient (Wildman–Crippen LogP) is 4.38. The molecule has 1 unspecified atom stereocenters. The van der Waals surface area contributed by atoms with Gasteiger partial charge in [0, 0.05) is 24.3 Å². The molecule has 166 valence electrons. The summed E-state index contributed by atoms with van der Waals surface area (Å²) in [6.45, 7) is 10.6. The Labute approximate surface area is 186 Å². The number of nitrogens with one attached hydrogen (secondary N) is 2. The van der Waals surface area contributed by atoms with Gasteiger partial charge in [0.25, 0.3) is 0 Å². The zero-order valence-electron chi connectivity index (χ0n) is 18.3. The number of benzene rings is 1. The van der Waals surface area contributed by atoms with Gasteiger partial charge in [-0.2, -0.15) is 10.1 Å². The second-order valence-corrected chi connectivity index (χ2v) is 8.56. The van der Waals surface area contributed by atoms with Crippen molar-refractivity contribution in [3.8, 4) is 0 Å². The Morgan fingerprint density at radius 2 is 1.94 bits per heavy atom. The van der Waals surface area contributed by atoms with E-state index in [0.717, 1.165) is 16.7 Å². The molecule has 3 rings (SSSR count). The van der Waals surface area contributed by atoms with Crippen molar-refractivity contribution in [2.75, 3.05) is 17.2 Å². The number of halogens is 1. The first-order chi connectivity index (χ1) is 14.6. The van der Waals surface area contributed by atoms with Crippen LogP contribution in [0.5, 0.6) is 0 Å². The van der Waals surface area contributed by atoms with E-state index in [1.165, 1.54) is 6.07 Å². The number of nitrogens with zero attached hydrogens (tertiary/aromatic N) is 4. The summed E-state index contributed by atoms with van der Waals surface area (Å²) in [4.78, 5) is 20.9. The zero-order valence-corrected chi connectivity index (χ0v) is 19.0. The van der Waals surface area contributed by atoms with Crippen LogP contribution < -0.4 is 16.4 Å². The molecule has 0 saturated heterocycles. The minimum Gasteiger partial charge on any atom is -0.478 e. The number of aromatic nitrogens is 4. The van der Waals surface area contributed by atoms with Crippen LogP contribution in [0.15, 0.2) is 18.2 Å². The maximum Gasteiger partial charge on any atom is 0.337 e. The maximum absolute atomic E-state index is 11.5. The lowest BCUT2D eigenvalue weighted by molar-refractivity contribution is 0.0697. The minimum absolute atomic E-state index is 0.00695. The summed E-state index contributed by atoms with van der Waals surface area (Å²) in [6, 6.07) is 4.72. The fourth-order valence-corrected chi connectivity index (χ4v) is 3.35. The van der Waals surface area contributed by atoms with E-state index in [9.17, 15) is 9.90 Å². The van der Waals surface area contributed by atoms with Crippen molar-refractivity contribution in [2.24, 2.45) is 5.73 Å². The molecule has 0 spiro atoms. The normalized spacial score (nSPS) is 12.5. The molecule has 0 radical (unpaired) electrons. The summed E-state index contributed by atoms with van der Waals surface area (Å²) < 4.78 is 1.89. The summed E-state index contributed by atoms with van der Waals surface area (Å²) in [7, 11) is 0. The first-order valence-electron chi connectivity index (χ1n) is 10.2. The smallest absolute Gasteiger partial charge is 0.337 e. The fraction of sp³-hybridized carbons (Fsp3) is 0.429. The van der Waals surface area contributed by atoms with E-state index in [4.69, 9.17) is 27.4 Å². The topological polar surface area (TPSA) is 131 Å². The monoisotopic (exact) mass is 445 g/mol. The Bertz CT molecular complexity index is 1110. The van der Waals surface area contributed by atoms with E-state index >= 15 is 0 Å². The third-order valence-corrected chi connectivity index (χ3v) is 4.98. The van der Waals surface area contributed by atoms with Crippen molar-refractivity contribution in [3.05, 3.63) is 34.5 Å². The number of hydrogen-bond donors (Lipinski definition) is 4. The lowest BCUT2D eigenvalue weighted by Gasteiger charge is -2.14. The Kier molecular flexibility index (Phi) is 6.66. The van der Waals surface area contributed by atoms with Gasteiger partial charge in [-0.3, -0.25) is 4.68 Å². The van der Waals surface area contributed by atoms with Crippen LogP contribution in [0.2, 0.25) is 5.02 Å². The van der Waals surface area contributed by atoms with Crippen LogP contribution in [-0.2, 0) is 0 Å². The molecule has 10 heteroatoms. The first kappa shape index (κ1) is 22.8. The van der Waals surface area contributed by atoms with Crippen molar-refractivity contribution in [3.63, 3.8) is 0 Å². The number of carboxylic acid groups (broad SMARTS) is 1. The predicted molar refractivity (Wildman–Crippen MR) is 124 cm³/mol. The zero-order chi connectivity index (χ0) is 22.9. The lowest BCUT2D eigenvalue weighted by Crippen LogP contribution is -2.26. The Hall–Kier alpha value is -2.91. The number of carboxylic acids is 1. The van der Waals surface area contributed by atoms with Gasteiger partial charge in [-0.1, -0.05) is 25.4 Å². The highest BCUT2D eigenvalue weighted by atomic mass is 35.5. The van der Waals surface area contributed by atoms with Gasteiger partial charge in [0.2, 0.25) is 5.95 Å². The number of anilines is 3. The fourth-order valence-electron chi connectivity index (χ4n) is 3.15. The van der Waals surface area contributed by atoms with Crippen LogP contribution in [0, 0.1) is 0 Å². The Morgan fingerprint density at radius 3 is 2.52 bits per heavy atom. The van der Waals surface area contributed by atoms with Gasteiger partial charge in [-0.25, -0.2) is 9.78 Å². The van der Waals surface area contributed by atoms with Crippen molar-refractivity contribution >= 4 is 46.1 Å². The molecule has 1 aromatic carbocycles. The number of carbonyl (C=O) groups is 1. The molecule has 0 aliphatic heterocycles. The molecule has 0 aliphatic carbocycles. The van der Waals surface area contributed by atoms with Gasteiger partial charge >= 0.3 is 5.97 Å². The largest absolute Gasteiger partial charge is 0.478 e. The van der Waals surface area contributed by atoms with Crippen molar-refractivity contribution in [2.45, 2.75) is 52.6 Å². The molecule has 1 atom stereocenters. The molecule has 0 fully saturated rings. The number of fused-ring (bicyclic) bond motifs is 1. The number of hydrogen-bond acceptors (Lipinski definition) is 7. The molecule has 9 nitrogen and oxygen atoms in total. The van der Waals surface area contributed by atoms with Crippen molar-refractivity contribution < 1.29 is 9.90 Å².